The molecular formula is C12H19Cl2N. The van der Waals surface area contributed by atoms with Crippen molar-refractivity contribution in [2.75, 3.05) is 0 Å². The summed E-state index contributed by atoms with van der Waals surface area (Å²) in [5.74, 6) is 0. The first kappa shape index (κ1) is 14.8. The fourth-order valence-corrected chi connectivity index (χ4v) is 1.33. The van der Waals surface area contributed by atoms with Gasteiger partial charge in [0.05, 0.1) is 0 Å². The number of benzene rings is 1. The summed E-state index contributed by atoms with van der Waals surface area (Å²) >= 11 is 5.90. The third-order valence-electron chi connectivity index (χ3n) is 2.54. The van der Waals surface area contributed by atoms with E-state index in [4.69, 9.17) is 11.6 Å². The van der Waals surface area contributed by atoms with Crippen LogP contribution in [0.4, 0.5) is 0 Å². The Kier molecular flexibility index (Phi) is 6.26. The molecule has 0 unspecified atom stereocenters. The Labute approximate surface area is 104 Å². The summed E-state index contributed by atoms with van der Waals surface area (Å²) in [5, 5.41) is 4.30. The highest BCUT2D eigenvalue weighted by Gasteiger charge is 2.12. The van der Waals surface area contributed by atoms with Crippen LogP contribution < -0.4 is 5.32 Å². The molecule has 1 rings (SSSR count). The molecule has 1 N–H and O–H groups in total. The third-order valence-corrected chi connectivity index (χ3v) is 2.78. The highest BCUT2D eigenvalue weighted by Crippen LogP contribution is 2.13. The van der Waals surface area contributed by atoms with Gasteiger partial charge in [-0.3, -0.25) is 0 Å². The first-order valence-electron chi connectivity index (χ1n) is 5.03. The summed E-state index contributed by atoms with van der Waals surface area (Å²) in [4.78, 5) is 0. The maximum Gasteiger partial charge on any atom is 0.0409 e. The Hall–Kier alpha value is -0.240. The van der Waals surface area contributed by atoms with Crippen LogP contribution in [-0.4, -0.2) is 5.54 Å². The van der Waals surface area contributed by atoms with E-state index in [9.17, 15) is 0 Å². The number of nitrogens with one attached hydrogen (secondary N) is 1. The highest BCUT2D eigenvalue weighted by molar-refractivity contribution is 6.30. The second-order valence-corrected chi connectivity index (χ2v) is 4.66. The van der Waals surface area contributed by atoms with Gasteiger partial charge in [-0.25, -0.2) is 0 Å². The number of hydrogen-bond acceptors (Lipinski definition) is 1. The third kappa shape index (κ3) is 5.41. The second kappa shape index (κ2) is 6.37. The van der Waals surface area contributed by atoms with E-state index in [0.29, 0.717) is 0 Å². The van der Waals surface area contributed by atoms with E-state index in [1.165, 1.54) is 5.56 Å². The average molecular weight is 248 g/mol. The SMILES string of the molecule is CCC(C)(C)NCc1cccc(Cl)c1.Cl. The van der Waals surface area contributed by atoms with Gasteiger partial charge >= 0.3 is 0 Å². The zero-order chi connectivity index (χ0) is 10.6. The highest BCUT2D eigenvalue weighted by atomic mass is 35.5. The van der Waals surface area contributed by atoms with Crippen LogP contribution in [-0.2, 0) is 6.54 Å². The summed E-state index contributed by atoms with van der Waals surface area (Å²) in [6.45, 7) is 7.47. The van der Waals surface area contributed by atoms with Gasteiger partial charge in [0.15, 0.2) is 0 Å². The summed E-state index contributed by atoms with van der Waals surface area (Å²) in [5.41, 5.74) is 1.43. The summed E-state index contributed by atoms with van der Waals surface area (Å²) in [7, 11) is 0. The standard InChI is InChI=1S/C12H18ClN.ClH/c1-4-12(2,3)14-9-10-6-5-7-11(13)8-10;/h5-8,14H,4,9H2,1-3H3;1H. The van der Waals surface area contributed by atoms with Crippen molar-refractivity contribution in [2.45, 2.75) is 39.3 Å². The molecule has 3 heteroatoms. The van der Waals surface area contributed by atoms with Crippen LogP contribution in [0.3, 0.4) is 0 Å². The van der Waals surface area contributed by atoms with E-state index in [1.807, 2.05) is 18.2 Å². The smallest absolute Gasteiger partial charge is 0.0409 e. The van der Waals surface area contributed by atoms with Gasteiger partial charge in [-0.05, 0) is 38.0 Å². The predicted octanol–water partition coefficient (Wildman–Crippen LogP) is 4.04. The van der Waals surface area contributed by atoms with E-state index >= 15 is 0 Å². The maximum absolute atomic E-state index is 5.90. The zero-order valence-corrected chi connectivity index (χ0v) is 11.1. The quantitative estimate of drug-likeness (QED) is 0.847. The first-order chi connectivity index (χ1) is 6.53. The topological polar surface area (TPSA) is 12.0 Å². The lowest BCUT2D eigenvalue weighted by Gasteiger charge is -2.24. The predicted molar refractivity (Wildman–Crippen MR) is 69.9 cm³/mol. The van der Waals surface area contributed by atoms with Crippen LogP contribution in [0.25, 0.3) is 0 Å². The van der Waals surface area contributed by atoms with Crippen LogP contribution in [0, 0.1) is 0 Å². The van der Waals surface area contributed by atoms with Gasteiger partial charge in [0.25, 0.3) is 0 Å². The van der Waals surface area contributed by atoms with E-state index in [0.717, 1.165) is 18.0 Å². The maximum atomic E-state index is 5.90. The zero-order valence-electron chi connectivity index (χ0n) is 9.51. The molecule has 1 aromatic carbocycles. The Morgan fingerprint density at radius 1 is 1.33 bits per heavy atom. The summed E-state index contributed by atoms with van der Waals surface area (Å²) < 4.78 is 0. The second-order valence-electron chi connectivity index (χ2n) is 4.22. The molecule has 0 aliphatic carbocycles. The van der Waals surface area contributed by atoms with Crippen LogP contribution in [0.2, 0.25) is 5.02 Å². The van der Waals surface area contributed by atoms with Crippen LogP contribution in [0.5, 0.6) is 0 Å². The monoisotopic (exact) mass is 247 g/mol. The number of hydrogen-bond donors (Lipinski definition) is 1. The normalized spacial score (nSPS) is 10.9. The van der Waals surface area contributed by atoms with Crippen molar-refractivity contribution in [2.24, 2.45) is 0 Å². The van der Waals surface area contributed by atoms with Crippen LogP contribution in [0.15, 0.2) is 24.3 Å². The molecule has 0 heterocycles. The molecule has 0 aliphatic rings. The van der Waals surface area contributed by atoms with Gasteiger partial charge < -0.3 is 5.32 Å². The van der Waals surface area contributed by atoms with Crippen molar-refractivity contribution < 1.29 is 0 Å². The molecule has 0 radical (unpaired) electrons. The van der Waals surface area contributed by atoms with E-state index in [2.05, 4.69) is 32.2 Å². The lowest BCUT2D eigenvalue weighted by molar-refractivity contribution is 0.374. The van der Waals surface area contributed by atoms with Gasteiger partial charge in [-0.15, -0.1) is 12.4 Å². The van der Waals surface area contributed by atoms with Gasteiger partial charge in [0.1, 0.15) is 0 Å². The summed E-state index contributed by atoms with van der Waals surface area (Å²) in [6, 6.07) is 7.97. The molecule has 86 valence electrons. The minimum absolute atomic E-state index is 0. The van der Waals surface area contributed by atoms with E-state index < -0.39 is 0 Å². The Morgan fingerprint density at radius 3 is 2.53 bits per heavy atom. The molecule has 0 aromatic heterocycles. The lowest BCUT2D eigenvalue weighted by Crippen LogP contribution is -2.37. The van der Waals surface area contributed by atoms with Crippen molar-refractivity contribution in [3.8, 4) is 0 Å². The number of halogens is 2. The molecule has 1 aromatic rings. The van der Waals surface area contributed by atoms with E-state index in [1.54, 1.807) is 0 Å². The van der Waals surface area contributed by atoms with Crippen LogP contribution in [0.1, 0.15) is 32.8 Å². The summed E-state index contributed by atoms with van der Waals surface area (Å²) in [6.07, 6.45) is 1.12. The molecule has 1 nitrogen and oxygen atoms in total. The van der Waals surface area contributed by atoms with Gasteiger partial charge in [-0.1, -0.05) is 30.7 Å². The Morgan fingerprint density at radius 2 is 2.00 bits per heavy atom. The van der Waals surface area contributed by atoms with Crippen molar-refractivity contribution in [3.63, 3.8) is 0 Å². The minimum Gasteiger partial charge on any atom is -0.308 e. The molecule has 15 heavy (non-hydrogen) atoms. The molecule has 0 saturated heterocycles. The van der Waals surface area contributed by atoms with Gasteiger partial charge in [-0.2, -0.15) is 0 Å². The minimum atomic E-state index is 0. The molecule has 0 saturated carbocycles. The fourth-order valence-electron chi connectivity index (χ4n) is 1.11. The Bertz CT molecular complexity index is 297. The van der Waals surface area contributed by atoms with Crippen molar-refractivity contribution >= 4 is 24.0 Å². The van der Waals surface area contributed by atoms with Gasteiger partial charge in [0.2, 0.25) is 0 Å². The molecule has 0 spiro atoms. The first-order valence-corrected chi connectivity index (χ1v) is 5.41. The molecule has 0 amide bonds. The van der Waals surface area contributed by atoms with Crippen LogP contribution >= 0.6 is 24.0 Å². The largest absolute Gasteiger partial charge is 0.308 e. The molecule has 0 fully saturated rings. The fraction of sp³-hybridized carbons (Fsp3) is 0.500. The molecule has 0 bridgehead atoms. The van der Waals surface area contributed by atoms with E-state index in [-0.39, 0.29) is 17.9 Å². The molecular weight excluding hydrogens is 229 g/mol. The lowest BCUT2D eigenvalue weighted by atomic mass is 10.0. The Balaban J connectivity index is 0.00000196. The van der Waals surface area contributed by atoms with Crippen molar-refractivity contribution in [3.05, 3.63) is 34.9 Å². The van der Waals surface area contributed by atoms with Gasteiger partial charge in [0, 0.05) is 17.1 Å². The van der Waals surface area contributed by atoms with Crippen molar-refractivity contribution in [1.29, 1.82) is 0 Å². The number of rotatable bonds is 4. The molecule has 0 aliphatic heterocycles. The van der Waals surface area contributed by atoms with Crippen molar-refractivity contribution in [1.82, 2.24) is 5.32 Å². The average Bonchev–Trinajstić information content (AvgIpc) is 2.15. The molecule has 0 atom stereocenters.